The Hall–Kier alpha value is -2.91. The average molecular weight is 387 g/mol. The van der Waals surface area contributed by atoms with Gasteiger partial charge in [-0.15, -0.1) is 0 Å². The number of hydrogen-bond acceptors (Lipinski definition) is 7. The van der Waals surface area contributed by atoms with Gasteiger partial charge >= 0.3 is 6.09 Å². The molecule has 1 saturated heterocycles. The third-order valence-electron chi connectivity index (χ3n) is 4.36. The number of β-amino-alcohol motifs (C(OH)–C–C–N with tert-alkyl or cyclic N) is 1. The molecule has 1 aromatic carbocycles. The third-order valence-corrected chi connectivity index (χ3v) is 4.36. The zero-order valence-corrected chi connectivity index (χ0v) is 15.5. The summed E-state index contributed by atoms with van der Waals surface area (Å²) in [6.07, 6.45) is 3.42. The summed E-state index contributed by atoms with van der Waals surface area (Å²) in [5.41, 5.74) is 0.730. The lowest BCUT2D eigenvalue weighted by Gasteiger charge is -2.28. The van der Waals surface area contributed by atoms with Crippen LogP contribution in [0.4, 0.5) is 22.2 Å². The summed E-state index contributed by atoms with van der Waals surface area (Å²) < 4.78 is 5.67. The highest BCUT2D eigenvalue weighted by molar-refractivity contribution is 5.81. The maximum atomic E-state index is 10.7. The standard InChI is InChI=1S/C19H25N5O4/c25-15(12-24-10-2-1-3-11-24)13-28-16-6-4-14(5-7-16)21-18-20-9-8-17(22-18)23-19(26)27/h4-9,15,25H,1-3,10-13H2,(H,26,27)(H2,20,21,22,23). The molecule has 0 radical (unpaired) electrons. The van der Waals surface area contributed by atoms with E-state index in [0.29, 0.717) is 12.3 Å². The number of aromatic nitrogens is 2. The molecule has 4 N–H and O–H groups in total. The number of aliphatic hydroxyl groups excluding tert-OH is 1. The number of carbonyl (C=O) groups is 1. The van der Waals surface area contributed by atoms with E-state index in [2.05, 4.69) is 25.5 Å². The molecule has 1 aliphatic heterocycles. The van der Waals surface area contributed by atoms with Gasteiger partial charge in [0.15, 0.2) is 0 Å². The highest BCUT2D eigenvalue weighted by Gasteiger charge is 2.15. The van der Waals surface area contributed by atoms with Crippen LogP contribution in [0.2, 0.25) is 0 Å². The van der Waals surface area contributed by atoms with Crippen molar-refractivity contribution in [3.05, 3.63) is 36.5 Å². The fourth-order valence-corrected chi connectivity index (χ4v) is 3.05. The molecule has 2 aromatic rings. The molecule has 1 amide bonds. The van der Waals surface area contributed by atoms with E-state index in [-0.39, 0.29) is 18.4 Å². The fraction of sp³-hybridized carbons (Fsp3) is 0.421. The second kappa shape index (κ2) is 9.86. The van der Waals surface area contributed by atoms with Crippen molar-refractivity contribution in [3.8, 4) is 5.75 Å². The summed E-state index contributed by atoms with van der Waals surface area (Å²) in [6, 6.07) is 8.63. The van der Waals surface area contributed by atoms with Crippen LogP contribution in [-0.2, 0) is 0 Å². The molecule has 0 saturated carbocycles. The number of benzene rings is 1. The molecular weight excluding hydrogens is 362 g/mol. The molecule has 1 unspecified atom stereocenters. The summed E-state index contributed by atoms with van der Waals surface area (Å²) in [4.78, 5) is 21.1. The number of carboxylic acid groups (broad SMARTS) is 1. The minimum atomic E-state index is -1.19. The van der Waals surface area contributed by atoms with Crippen molar-refractivity contribution in [1.82, 2.24) is 14.9 Å². The van der Waals surface area contributed by atoms with Crippen LogP contribution in [-0.4, -0.2) is 63.5 Å². The predicted octanol–water partition coefficient (Wildman–Crippen LogP) is 2.54. The molecule has 9 heteroatoms. The second-order valence-electron chi connectivity index (χ2n) is 6.67. The van der Waals surface area contributed by atoms with Crippen LogP contribution in [0, 0.1) is 0 Å². The quantitative estimate of drug-likeness (QED) is 0.545. The van der Waals surface area contributed by atoms with Gasteiger partial charge in [-0.05, 0) is 56.3 Å². The zero-order chi connectivity index (χ0) is 19.8. The highest BCUT2D eigenvalue weighted by Crippen LogP contribution is 2.19. The van der Waals surface area contributed by atoms with Gasteiger partial charge in [-0.1, -0.05) is 6.42 Å². The number of amides is 1. The van der Waals surface area contributed by atoms with Crippen LogP contribution in [0.25, 0.3) is 0 Å². The molecule has 1 aliphatic rings. The number of piperidine rings is 1. The summed E-state index contributed by atoms with van der Waals surface area (Å²) >= 11 is 0. The number of hydrogen-bond donors (Lipinski definition) is 4. The number of nitrogens with one attached hydrogen (secondary N) is 2. The second-order valence-corrected chi connectivity index (χ2v) is 6.67. The first-order valence-corrected chi connectivity index (χ1v) is 9.32. The Morgan fingerprint density at radius 3 is 2.64 bits per heavy atom. The van der Waals surface area contributed by atoms with E-state index in [1.165, 1.54) is 31.5 Å². The predicted molar refractivity (Wildman–Crippen MR) is 105 cm³/mol. The van der Waals surface area contributed by atoms with Gasteiger partial charge in [0.1, 0.15) is 24.3 Å². The maximum Gasteiger partial charge on any atom is 0.410 e. The number of likely N-dealkylation sites (tertiary alicyclic amines) is 1. The number of aliphatic hydroxyl groups is 1. The number of anilines is 3. The minimum Gasteiger partial charge on any atom is -0.491 e. The van der Waals surface area contributed by atoms with Gasteiger partial charge in [-0.2, -0.15) is 4.98 Å². The smallest absolute Gasteiger partial charge is 0.410 e. The maximum absolute atomic E-state index is 10.7. The Labute approximate surface area is 163 Å². The van der Waals surface area contributed by atoms with E-state index in [0.717, 1.165) is 18.8 Å². The Morgan fingerprint density at radius 2 is 1.93 bits per heavy atom. The molecule has 0 bridgehead atoms. The molecule has 0 spiro atoms. The molecule has 3 rings (SSSR count). The molecule has 1 aromatic heterocycles. The van der Waals surface area contributed by atoms with Gasteiger partial charge in [-0.3, -0.25) is 5.32 Å². The van der Waals surface area contributed by atoms with Crippen LogP contribution >= 0.6 is 0 Å². The Bertz CT molecular complexity index is 765. The largest absolute Gasteiger partial charge is 0.491 e. The summed E-state index contributed by atoms with van der Waals surface area (Å²) in [6.45, 7) is 2.97. The van der Waals surface area contributed by atoms with Crippen LogP contribution in [0.1, 0.15) is 19.3 Å². The van der Waals surface area contributed by atoms with Gasteiger partial charge < -0.3 is 25.2 Å². The number of ether oxygens (including phenoxy) is 1. The van der Waals surface area contributed by atoms with Crippen LogP contribution < -0.4 is 15.4 Å². The van der Waals surface area contributed by atoms with E-state index >= 15 is 0 Å². The zero-order valence-electron chi connectivity index (χ0n) is 15.5. The summed E-state index contributed by atoms with van der Waals surface area (Å²) in [7, 11) is 0. The number of nitrogens with zero attached hydrogens (tertiary/aromatic N) is 3. The average Bonchev–Trinajstić information content (AvgIpc) is 2.68. The van der Waals surface area contributed by atoms with Crippen molar-refractivity contribution in [2.45, 2.75) is 25.4 Å². The first kappa shape index (κ1) is 19.8. The first-order valence-electron chi connectivity index (χ1n) is 9.32. The normalized spacial score (nSPS) is 15.6. The van der Waals surface area contributed by atoms with E-state index in [4.69, 9.17) is 9.84 Å². The SMILES string of the molecule is O=C(O)Nc1ccnc(Nc2ccc(OCC(O)CN3CCCCC3)cc2)n1. The molecule has 150 valence electrons. The van der Waals surface area contributed by atoms with E-state index in [9.17, 15) is 9.90 Å². The first-order chi connectivity index (χ1) is 13.6. The van der Waals surface area contributed by atoms with Crippen LogP contribution in [0.15, 0.2) is 36.5 Å². The van der Waals surface area contributed by atoms with Gasteiger partial charge in [0, 0.05) is 18.4 Å². The highest BCUT2D eigenvalue weighted by atomic mass is 16.5. The summed E-state index contributed by atoms with van der Waals surface area (Å²) in [5, 5.41) is 24.1. The van der Waals surface area contributed by atoms with Crippen molar-refractivity contribution < 1.29 is 19.7 Å². The molecule has 0 aliphatic carbocycles. The lowest BCUT2D eigenvalue weighted by molar-refractivity contribution is 0.0617. The third kappa shape index (κ3) is 6.36. The van der Waals surface area contributed by atoms with Gasteiger partial charge in [0.25, 0.3) is 0 Å². The van der Waals surface area contributed by atoms with E-state index < -0.39 is 12.2 Å². The Kier molecular flexibility index (Phi) is 6.99. The fourth-order valence-electron chi connectivity index (χ4n) is 3.05. The van der Waals surface area contributed by atoms with Crippen molar-refractivity contribution in [2.75, 3.05) is 36.9 Å². The Morgan fingerprint density at radius 1 is 1.18 bits per heavy atom. The van der Waals surface area contributed by atoms with E-state index in [1.807, 2.05) is 0 Å². The lowest BCUT2D eigenvalue weighted by atomic mass is 10.1. The van der Waals surface area contributed by atoms with Crippen LogP contribution in [0.5, 0.6) is 5.75 Å². The molecule has 1 fully saturated rings. The summed E-state index contributed by atoms with van der Waals surface area (Å²) in [5.74, 6) is 1.12. The van der Waals surface area contributed by atoms with Crippen molar-refractivity contribution >= 4 is 23.5 Å². The monoisotopic (exact) mass is 387 g/mol. The molecular formula is C19H25N5O4. The van der Waals surface area contributed by atoms with Crippen molar-refractivity contribution in [2.24, 2.45) is 0 Å². The van der Waals surface area contributed by atoms with Crippen LogP contribution in [0.3, 0.4) is 0 Å². The molecule has 1 atom stereocenters. The molecule has 2 heterocycles. The van der Waals surface area contributed by atoms with Gasteiger partial charge in [0.05, 0.1) is 0 Å². The van der Waals surface area contributed by atoms with E-state index in [1.54, 1.807) is 24.3 Å². The van der Waals surface area contributed by atoms with Crippen molar-refractivity contribution in [3.63, 3.8) is 0 Å². The van der Waals surface area contributed by atoms with Gasteiger partial charge in [-0.25, -0.2) is 9.78 Å². The van der Waals surface area contributed by atoms with Gasteiger partial charge in [0.2, 0.25) is 5.95 Å². The van der Waals surface area contributed by atoms with Crippen molar-refractivity contribution in [1.29, 1.82) is 0 Å². The minimum absolute atomic E-state index is 0.188. The number of rotatable bonds is 8. The topological polar surface area (TPSA) is 120 Å². The molecule has 9 nitrogen and oxygen atoms in total. The Balaban J connectivity index is 1.47. The lowest BCUT2D eigenvalue weighted by Crippen LogP contribution is -2.38. The molecule has 28 heavy (non-hydrogen) atoms.